The molecule has 3 atom stereocenters. The summed E-state index contributed by atoms with van der Waals surface area (Å²) in [6.07, 6.45) is 3.83. The fraction of sp³-hybridized carbons (Fsp3) is 0.207. The van der Waals surface area contributed by atoms with Crippen molar-refractivity contribution in [2.75, 3.05) is 4.90 Å². The first-order valence-corrected chi connectivity index (χ1v) is 11.7. The third-order valence-electron chi connectivity index (χ3n) is 7.62. The highest BCUT2D eigenvalue weighted by molar-refractivity contribution is 6.32. The molecular weight excluding hydrogens is 446 g/mol. The van der Waals surface area contributed by atoms with E-state index in [1.807, 2.05) is 60.4 Å². The van der Waals surface area contributed by atoms with Gasteiger partial charge in [-0.3, -0.25) is 14.4 Å². The summed E-state index contributed by atoms with van der Waals surface area (Å²) < 4.78 is 0. The molecule has 1 aliphatic carbocycles. The zero-order valence-corrected chi connectivity index (χ0v) is 19.5. The van der Waals surface area contributed by atoms with Crippen LogP contribution in [0.15, 0.2) is 72.8 Å². The van der Waals surface area contributed by atoms with Gasteiger partial charge in [-0.1, -0.05) is 77.8 Å². The van der Waals surface area contributed by atoms with Crippen molar-refractivity contribution in [2.24, 2.45) is 5.41 Å². The minimum atomic E-state index is -1.43. The van der Waals surface area contributed by atoms with Crippen molar-refractivity contribution in [1.82, 2.24) is 0 Å². The van der Waals surface area contributed by atoms with Crippen LogP contribution in [0.1, 0.15) is 50.2 Å². The third kappa shape index (κ3) is 2.57. The number of fused-ring (bicyclic) bond motifs is 5. The van der Waals surface area contributed by atoms with E-state index in [1.54, 1.807) is 37.3 Å². The van der Waals surface area contributed by atoms with Gasteiger partial charge in [0.2, 0.25) is 0 Å². The van der Waals surface area contributed by atoms with Crippen molar-refractivity contribution in [3.8, 4) is 0 Å². The van der Waals surface area contributed by atoms with Gasteiger partial charge in [-0.15, -0.1) is 0 Å². The molecule has 0 unspecified atom stereocenters. The summed E-state index contributed by atoms with van der Waals surface area (Å²) in [4.78, 5) is 43.8. The maximum Gasteiger partial charge on any atom is 0.180 e. The average molecular weight is 468 g/mol. The fourth-order valence-corrected chi connectivity index (χ4v) is 6.43. The van der Waals surface area contributed by atoms with Crippen LogP contribution in [0.4, 0.5) is 5.69 Å². The standard InChI is InChI=1S/C29H22ClNO3/c1-16-7-9-18(10-8-16)25-26(17(2)32)31-23-13-12-20(30)15-19(23)11-14-24(31)29(25)27(33)21-5-3-4-6-22(21)28(29)34/h3-15,24-26H,1-2H3/t24-,25+,26+/m0/s1. The van der Waals surface area contributed by atoms with E-state index in [1.165, 1.54) is 0 Å². The Kier molecular flexibility index (Phi) is 4.49. The Morgan fingerprint density at radius 1 is 0.941 bits per heavy atom. The lowest BCUT2D eigenvalue weighted by molar-refractivity contribution is -0.118. The van der Waals surface area contributed by atoms with Gasteiger partial charge >= 0.3 is 0 Å². The summed E-state index contributed by atoms with van der Waals surface area (Å²) in [6, 6.07) is 19.1. The topological polar surface area (TPSA) is 54.5 Å². The van der Waals surface area contributed by atoms with Crippen molar-refractivity contribution in [2.45, 2.75) is 31.8 Å². The van der Waals surface area contributed by atoms with Gasteiger partial charge in [-0.05, 0) is 43.2 Å². The molecule has 0 N–H and O–H groups in total. The normalized spacial score (nSPS) is 23.7. The molecule has 0 amide bonds. The Balaban J connectivity index is 1.68. The van der Waals surface area contributed by atoms with Gasteiger partial charge in [-0.2, -0.15) is 0 Å². The minimum absolute atomic E-state index is 0.0831. The molecule has 168 valence electrons. The number of Topliss-reactive ketones (excluding diaryl/α,β-unsaturated/α-hetero) is 3. The van der Waals surface area contributed by atoms with E-state index < -0.39 is 23.4 Å². The number of hydrogen-bond acceptors (Lipinski definition) is 4. The van der Waals surface area contributed by atoms with E-state index in [0.29, 0.717) is 16.1 Å². The monoisotopic (exact) mass is 467 g/mol. The second-order valence-electron chi connectivity index (χ2n) is 9.43. The van der Waals surface area contributed by atoms with Crippen LogP contribution < -0.4 is 4.90 Å². The van der Waals surface area contributed by atoms with Crippen molar-refractivity contribution in [1.29, 1.82) is 0 Å². The van der Waals surface area contributed by atoms with Gasteiger partial charge in [0, 0.05) is 27.8 Å². The van der Waals surface area contributed by atoms with Gasteiger partial charge in [0.25, 0.3) is 0 Å². The molecule has 3 aromatic rings. The molecule has 5 heteroatoms. The smallest absolute Gasteiger partial charge is 0.180 e. The van der Waals surface area contributed by atoms with Crippen LogP contribution in [0.5, 0.6) is 0 Å². The highest BCUT2D eigenvalue weighted by Gasteiger charge is 2.71. The van der Waals surface area contributed by atoms with Gasteiger partial charge in [0.15, 0.2) is 17.3 Å². The summed E-state index contributed by atoms with van der Waals surface area (Å²) in [5.74, 6) is -1.13. The predicted molar refractivity (Wildman–Crippen MR) is 133 cm³/mol. The van der Waals surface area contributed by atoms with Crippen LogP contribution in [-0.4, -0.2) is 29.4 Å². The molecule has 3 aromatic carbocycles. The van der Waals surface area contributed by atoms with E-state index in [9.17, 15) is 14.4 Å². The highest BCUT2D eigenvalue weighted by Crippen LogP contribution is 2.60. The van der Waals surface area contributed by atoms with Crippen molar-refractivity contribution in [3.05, 3.63) is 106 Å². The number of halogens is 1. The number of hydrogen-bond donors (Lipinski definition) is 0. The largest absolute Gasteiger partial charge is 0.352 e. The zero-order chi connectivity index (χ0) is 23.8. The maximum atomic E-state index is 14.3. The summed E-state index contributed by atoms with van der Waals surface area (Å²) >= 11 is 6.26. The first kappa shape index (κ1) is 21.1. The summed E-state index contributed by atoms with van der Waals surface area (Å²) in [5, 5.41) is 0.589. The summed E-state index contributed by atoms with van der Waals surface area (Å²) in [5.41, 5.74) is 3.00. The van der Waals surface area contributed by atoms with Crippen LogP contribution in [0.25, 0.3) is 6.08 Å². The average Bonchev–Trinajstić information content (AvgIpc) is 3.26. The lowest BCUT2D eigenvalue weighted by Gasteiger charge is -2.37. The van der Waals surface area contributed by atoms with Gasteiger partial charge in [0.1, 0.15) is 5.41 Å². The molecule has 1 fully saturated rings. The fourth-order valence-electron chi connectivity index (χ4n) is 6.25. The summed E-state index contributed by atoms with van der Waals surface area (Å²) in [7, 11) is 0. The number of benzene rings is 3. The number of anilines is 1. The van der Waals surface area contributed by atoms with Crippen molar-refractivity contribution < 1.29 is 14.4 Å². The van der Waals surface area contributed by atoms with Crippen LogP contribution >= 0.6 is 11.6 Å². The van der Waals surface area contributed by atoms with Crippen LogP contribution in [-0.2, 0) is 4.79 Å². The molecule has 1 saturated heterocycles. The highest BCUT2D eigenvalue weighted by atomic mass is 35.5. The predicted octanol–water partition coefficient (Wildman–Crippen LogP) is 5.67. The van der Waals surface area contributed by atoms with E-state index in [4.69, 9.17) is 11.6 Å². The molecule has 3 aliphatic rings. The molecule has 0 aromatic heterocycles. The lowest BCUT2D eigenvalue weighted by Crippen LogP contribution is -2.48. The Hall–Kier alpha value is -3.50. The first-order valence-electron chi connectivity index (χ1n) is 11.4. The lowest BCUT2D eigenvalue weighted by atomic mass is 9.64. The second-order valence-corrected chi connectivity index (χ2v) is 9.87. The Morgan fingerprint density at radius 2 is 1.59 bits per heavy atom. The maximum absolute atomic E-state index is 14.3. The zero-order valence-electron chi connectivity index (χ0n) is 18.8. The van der Waals surface area contributed by atoms with Crippen LogP contribution in [0.3, 0.4) is 0 Å². The van der Waals surface area contributed by atoms with Gasteiger partial charge in [-0.25, -0.2) is 0 Å². The molecule has 0 radical (unpaired) electrons. The number of nitrogens with zero attached hydrogens (tertiary/aromatic N) is 1. The Labute approximate surface area is 202 Å². The number of carbonyl (C=O) groups excluding carboxylic acids is 3. The SMILES string of the molecule is CC(=O)[C@@H]1[C@@H](c2ccc(C)cc2)C2(C(=O)c3ccccc3C2=O)[C@@H]2C=Cc3cc(Cl)ccc3N12. The van der Waals surface area contributed by atoms with E-state index >= 15 is 0 Å². The quantitative estimate of drug-likeness (QED) is 0.455. The van der Waals surface area contributed by atoms with E-state index in [-0.39, 0.29) is 17.3 Å². The number of ketones is 3. The Morgan fingerprint density at radius 3 is 2.21 bits per heavy atom. The summed E-state index contributed by atoms with van der Waals surface area (Å²) in [6.45, 7) is 3.54. The molecule has 1 spiro atoms. The second kappa shape index (κ2) is 7.25. The number of carbonyl (C=O) groups is 3. The number of rotatable bonds is 2. The molecule has 2 heterocycles. The molecule has 6 rings (SSSR count). The molecule has 34 heavy (non-hydrogen) atoms. The van der Waals surface area contributed by atoms with Crippen LogP contribution in [0, 0.1) is 12.3 Å². The van der Waals surface area contributed by atoms with Crippen LogP contribution in [0.2, 0.25) is 5.02 Å². The molecule has 0 bridgehead atoms. The molecule has 4 nitrogen and oxygen atoms in total. The van der Waals surface area contributed by atoms with Crippen molar-refractivity contribution >= 4 is 40.7 Å². The van der Waals surface area contributed by atoms with E-state index in [2.05, 4.69) is 0 Å². The van der Waals surface area contributed by atoms with Gasteiger partial charge < -0.3 is 4.90 Å². The number of aryl methyl sites for hydroxylation is 1. The molecule has 0 saturated carbocycles. The molecule has 2 aliphatic heterocycles. The van der Waals surface area contributed by atoms with E-state index in [0.717, 1.165) is 22.4 Å². The first-order chi connectivity index (χ1) is 16.4. The Bertz CT molecular complexity index is 1390. The van der Waals surface area contributed by atoms with Crippen molar-refractivity contribution in [3.63, 3.8) is 0 Å². The minimum Gasteiger partial charge on any atom is -0.352 e. The van der Waals surface area contributed by atoms with Gasteiger partial charge in [0.05, 0.1) is 12.1 Å². The third-order valence-corrected chi connectivity index (χ3v) is 7.85. The molecular formula is C29H22ClNO3.